The Morgan fingerprint density at radius 2 is 1.90 bits per heavy atom. The lowest BCUT2D eigenvalue weighted by Gasteiger charge is -2.14. The highest BCUT2D eigenvalue weighted by atomic mass is 15.2. The Kier molecular flexibility index (Phi) is 2.82. The molecule has 0 atom stereocenters. The van der Waals surface area contributed by atoms with Gasteiger partial charge in [-0.3, -0.25) is 4.57 Å². The molecule has 1 aromatic carbocycles. The summed E-state index contributed by atoms with van der Waals surface area (Å²) in [7, 11) is 4.02. The van der Waals surface area contributed by atoms with E-state index in [0.29, 0.717) is 5.95 Å². The van der Waals surface area contributed by atoms with Crippen LogP contribution in [0.15, 0.2) is 36.4 Å². The van der Waals surface area contributed by atoms with Crippen molar-refractivity contribution >= 4 is 22.8 Å². The van der Waals surface area contributed by atoms with Gasteiger partial charge < -0.3 is 10.6 Å². The van der Waals surface area contributed by atoms with Crippen LogP contribution < -0.4 is 10.6 Å². The molecular formula is C15H17N5. The van der Waals surface area contributed by atoms with Gasteiger partial charge in [-0.1, -0.05) is 6.07 Å². The van der Waals surface area contributed by atoms with Crippen molar-refractivity contribution in [2.75, 3.05) is 24.7 Å². The third kappa shape index (κ3) is 1.97. The Morgan fingerprint density at radius 3 is 2.65 bits per heavy atom. The van der Waals surface area contributed by atoms with Crippen molar-refractivity contribution in [3.8, 4) is 5.69 Å². The number of rotatable bonds is 2. The number of nitrogens with zero attached hydrogens (tertiary/aromatic N) is 4. The highest BCUT2D eigenvalue weighted by Gasteiger charge is 2.12. The monoisotopic (exact) mass is 267 g/mol. The van der Waals surface area contributed by atoms with Crippen LogP contribution in [0.1, 0.15) is 5.69 Å². The number of benzene rings is 1. The van der Waals surface area contributed by atoms with E-state index in [1.165, 1.54) is 0 Å². The molecule has 0 spiro atoms. The van der Waals surface area contributed by atoms with E-state index >= 15 is 0 Å². The number of aryl methyl sites for hydroxylation is 1. The van der Waals surface area contributed by atoms with Crippen LogP contribution in [0, 0.1) is 6.92 Å². The van der Waals surface area contributed by atoms with E-state index in [9.17, 15) is 0 Å². The molecule has 2 aromatic heterocycles. The molecule has 2 heterocycles. The van der Waals surface area contributed by atoms with Crippen LogP contribution >= 0.6 is 0 Å². The lowest BCUT2D eigenvalue weighted by molar-refractivity contribution is 1.06. The third-order valence-electron chi connectivity index (χ3n) is 3.27. The molecule has 3 aromatic rings. The average Bonchev–Trinajstić information content (AvgIpc) is 2.74. The maximum atomic E-state index is 6.06. The summed E-state index contributed by atoms with van der Waals surface area (Å²) in [6, 6.07) is 12.0. The average molecular weight is 267 g/mol. The molecule has 0 fully saturated rings. The molecule has 0 saturated heterocycles. The standard InChI is InChI=1S/C15H17N5/c1-10-7-8-13-14(17-10)20(15(16)18-13)12-6-4-5-11(9-12)19(2)3/h4-9H,1-3H3,(H2,16,18). The number of nitrogens with two attached hydrogens (primary N) is 1. The molecule has 20 heavy (non-hydrogen) atoms. The zero-order valence-corrected chi connectivity index (χ0v) is 11.8. The second kappa shape index (κ2) is 4.52. The third-order valence-corrected chi connectivity index (χ3v) is 3.27. The van der Waals surface area contributed by atoms with E-state index in [4.69, 9.17) is 5.73 Å². The van der Waals surface area contributed by atoms with Crippen LogP contribution in [0.4, 0.5) is 11.6 Å². The Bertz CT molecular complexity index is 773. The predicted molar refractivity (Wildman–Crippen MR) is 82.3 cm³/mol. The molecular weight excluding hydrogens is 250 g/mol. The Morgan fingerprint density at radius 1 is 1.10 bits per heavy atom. The Labute approximate surface area is 117 Å². The van der Waals surface area contributed by atoms with Gasteiger partial charge >= 0.3 is 0 Å². The summed E-state index contributed by atoms with van der Waals surface area (Å²) in [5.74, 6) is 0.453. The fourth-order valence-electron chi connectivity index (χ4n) is 2.23. The van der Waals surface area contributed by atoms with E-state index in [0.717, 1.165) is 28.2 Å². The van der Waals surface area contributed by atoms with Gasteiger partial charge in [0.1, 0.15) is 5.52 Å². The highest BCUT2D eigenvalue weighted by Crippen LogP contribution is 2.24. The zero-order chi connectivity index (χ0) is 14.3. The Balaban J connectivity index is 2.26. The first-order valence-electron chi connectivity index (χ1n) is 6.45. The van der Waals surface area contributed by atoms with Gasteiger partial charge in [-0.25, -0.2) is 9.97 Å². The summed E-state index contributed by atoms with van der Waals surface area (Å²) in [6.45, 7) is 1.96. The number of anilines is 2. The summed E-state index contributed by atoms with van der Waals surface area (Å²) in [5.41, 5.74) is 10.7. The van der Waals surface area contributed by atoms with Crippen LogP contribution in [-0.2, 0) is 0 Å². The molecule has 0 unspecified atom stereocenters. The van der Waals surface area contributed by atoms with Gasteiger partial charge in [0.05, 0.1) is 5.69 Å². The molecule has 2 N–H and O–H groups in total. The second-order valence-electron chi connectivity index (χ2n) is 5.02. The van der Waals surface area contributed by atoms with Crippen molar-refractivity contribution in [3.05, 3.63) is 42.1 Å². The molecule has 0 aliphatic carbocycles. The maximum absolute atomic E-state index is 6.06. The van der Waals surface area contributed by atoms with Gasteiger partial charge in [-0.2, -0.15) is 0 Å². The number of hydrogen-bond acceptors (Lipinski definition) is 4. The van der Waals surface area contributed by atoms with E-state index in [1.54, 1.807) is 0 Å². The molecule has 0 amide bonds. The van der Waals surface area contributed by atoms with Crippen molar-refractivity contribution in [2.24, 2.45) is 0 Å². The van der Waals surface area contributed by atoms with Gasteiger partial charge in [-0.05, 0) is 37.3 Å². The minimum atomic E-state index is 0.453. The molecule has 5 heteroatoms. The predicted octanol–water partition coefficient (Wildman–Crippen LogP) is 2.38. The van der Waals surface area contributed by atoms with Gasteiger partial charge in [0, 0.05) is 25.5 Å². The van der Waals surface area contributed by atoms with Gasteiger partial charge in [0.2, 0.25) is 5.95 Å². The summed E-state index contributed by atoms with van der Waals surface area (Å²) in [6.07, 6.45) is 0. The summed E-state index contributed by atoms with van der Waals surface area (Å²) in [4.78, 5) is 11.0. The largest absolute Gasteiger partial charge is 0.378 e. The van der Waals surface area contributed by atoms with Crippen molar-refractivity contribution in [3.63, 3.8) is 0 Å². The number of pyridine rings is 1. The quantitative estimate of drug-likeness (QED) is 0.774. The number of hydrogen-bond donors (Lipinski definition) is 1. The van der Waals surface area contributed by atoms with Crippen molar-refractivity contribution < 1.29 is 0 Å². The molecule has 0 bridgehead atoms. The van der Waals surface area contributed by atoms with E-state index in [-0.39, 0.29) is 0 Å². The fraction of sp³-hybridized carbons (Fsp3) is 0.200. The first-order chi connectivity index (χ1) is 9.56. The molecule has 5 nitrogen and oxygen atoms in total. The molecule has 0 aliphatic heterocycles. The molecule has 102 valence electrons. The first-order valence-corrected chi connectivity index (χ1v) is 6.45. The van der Waals surface area contributed by atoms with Crippen molar-refractivity contribution in [1.82, 2.24) is 14.5 Å². The molecule has 3 rings (SSSR count). The normalized spacial score (nSPS) is 10.9. The summed E-state index contributed by atoms with van der Waals surface area (Å²) < 4.78 is 1.88. The SMILES string of the molecule is Cc1ccc2nc(N)n(-c3cccc(N(C)C)c3)c2n1. The maximum Gasteiger partial charge on any atom is 0.207 e. The van der Waals surface area contributed by atoms with Crippen LogP contribution in [0.5, 0.6) is 0 Å². The fourth-order valence-corrected chi connectivity index (χ4v) is 2.23. The lowest BCUT2D eigenvalue weighted by Crippen LogP contribution is -2.09. The van der Waals surface area contributed by atoms with Gasteiger partial charge in [0.25, 0.3) is 0 Å². The molecule has 0 radical (unpaired) electrons. The minimum absolute atomic E-state index is 0.453. The highest BCUT2D eigenvalue weighted by molar-refractivity contribution is 5.77. The van der Waals surface area contributed by atoms with E-state index in [2.05, 4.69) is 27.0 Å². The second-order valence-corrected chi connectivity index (χ2v) is 5.02. The number of nitrogen functional groups attached to an aromatic ring is 1. The summed E-state index contributed by atoms with van der Waals surface area (Å²) >= 11 is 0. The van der Waals surface area contributed by atoms with Crippen LogP contribution in [0.25, 0.3) is 16.9 Å². The summed E-state index contributed by atoms with van der Waals surface area (Å²) in [5, 5.41) is 0. The number of imidazole rings is 1. The minimum Gasteiger partial charge on any atom is -0.378 e. The van der Waals surface area contributed by atoms with Crippen molar-refractivity contribution in [2.45, 2.75) is 6.92 Å². The van der Waals surface area contributed by atoms with Crippen molar-refractivity contribution in [1.29, 1.82) is 0 Å². The topological polar surface area (TPSA) is 60.0 Å². The smallest absolute Gasteiger partial charge is 0.207 e. The van der Waals surface area contributed by atoms with Crippen LogP contribution in [0.2, 0.25) is 0 Å². The number of fused-ring (bicyclic) bond motifs is 1. The first kappa shape index (κ1) is 12.5. The van der Waals surface area contributed by atoms with Gasteiger partial charge in [-0.15, -0.1) is 0 Å². The number of aromatic nitrogens is 3. The van der Waals surface area contributed by atoms with E-state index in [1.807, 2.05) is 49.9 Å². The van der Waals surface area contributed by atoms with Crippen LogP contribution in [-0.4, -0.2) is 28.6 Å². The lowest BCUT2D eigenvalue weighted by atomic mass is 10.2. The van der Waals surface area contributed by atoms with Crippen LogP contribution in [0.3, 0.4) is 0 Å². The zero-order valence-electron chi connectivity index (χ0n) is 11.8. The van der Waals surface area contributed by atoms with E-state index < -0.39 is 0 Å². The molecule has 0 aliphatic rings. The Hall–Kier alpha value is -2.56. The molecule has 0 saturated carbocycles. The van der Waals surface area contributed by atoms with Gasteiger partial charge in [0.15, 0.2) is 5.65 Å².